The molecule has 0 aromatic carbocycles. The van der Waals surface area contributed by atoms with Crippen molar-refractivity contribution in [3.63, 3.8) is 0 Å². The Morgan fingerprint density at radius 1 is 1.35 bits per heavy atom. The molecule has 2 aliphatic rings. The average Bonchev–Trinajstić information content (AvgIpc) is 2.93. The molecule has 1 saturated heterocycles. The van der Waals surface area contributed by atoms with Crippen LogP contribution in [0.5, 0.6) is 0 Å². The maximum absolute atomic E-state index is 5.69. The van der Waals surface area contributed by atoms with Gasteiger partial charge in [0.05, 0.1) is 19.3 Å². The molecule has 0 radical (unpaired) electrons. The SMILES string of the molecule is COCC[C@@H]1C=C(C2(C)OCCO2)C[C@@H]1OC. The summed E-state index contributed by atoms with van der Waals surface area (Å²) in [5.74, 6) is -0.127. The minimum atomic E-state index is -0.529. The van der Waals surface area contributed by atoms with Crippen molar-refractivity contribution in [1.82, 2.24) is 0 Å². The topological polar surface area (TPSA) is 36.9 Å². The van der Waals surface area contributed by atoms with Crippen LogP contribution in [0.25, 0.3) is 0 Å². The van der Waals surface area contributed by atoms with Gasteiger partial charge in [0.1, 0.15) is 0 Å². The Balaban J connectivity index is 2.03. The van der Waals surface area contributed by atoms with Gasteiger partial charge in [-0.15, -0.1) is 0 Å². The van der Waals surface area contributed by atoms with E-state index in [4.69, 9.17) is 18.9 Å². The highest BCUT2D eigenvalue weighted by molar-refractivity contribution is 5.22. The highest BCUT2D eigenvalue weighted by Gasteiger charge is 2.41. The van der Waals surface area contributed by atoms with E-state index in [0.29, 0.717) is 19.1 Å². The lowest BCUT2D eigenvalue weighted by Gasteiger charge is -2.24. The molecule has 0 unspecified atom stereocenters. The van der Waals surface area contributed by atoms with E-state index in [-0.39, 0.29) is 6.10 Å². The van der Waals surface area contributed by atoms with Gasteiger partial charge in [-0.1, -0.05) is 6.08 Å². The summed E-state index contributed by atoms with van der Waals surface area (Å²) in [6.45, 7) is 4.10. The summed E-state index contributed by atoms with van der Waals surface area (Å²) in [5.41, 5.74) is 1.21. The largest absolute Gasteiger partial charge is 0.385 e. The first-order chi connectivity index (χ1) is 8.19. The predicted octanol–water partition coefficient (Wildman–Crippen LogP) is 1.75. The van der Waals surface area contributed by atoms with E-state index in [9.17, 15) is 0 Å². The number of ether oxygens (including phenoxy) is 4. The Bertz CT molecular complexity index is 281. The third kappa shape index (κ3) is 2.71. The van der Waals surface area contributed by atoms with E-state index in [0.717, 1.165) is 19.4 Å². The Morgan fingerprint density at radius 2 is 2.06 bits per heavy atom. The van der Waals surface area contributed by atoms with Crippen LogP contribution in [0.1, 0.15) is 19.8 Å². The van der Waals surface area contributed by atoms with Gasteiger partial charge in [-0.2, -0.15) is 0 Å². The monoisotopic (exact) mass is 242 g/mol. The van der Waals surface area contributed by atoms with Gasteiger partial charge in [0.25, 0.3) is 0 Å². The molecule has 4 heteroatoms. The summed E-state index contributed by atoms with van der Waals surface area (Å²) in [7, 11) is 3.49. The molecule has 0 aromatic heterocycles. The molecule has 0 amide bonds. The quantitative estimate of drug-likeness (QED) is 0.688. The Hall–Kier alpha value is -0.420. The Labute approximate surface area is 103 Å². The fourth-order valence-electron chi connectivity index (χ4n) is 2.62. The molecule has 0 N–H and O–H groups in total. The van der Waals surface area contributed by atoms with Gasteiger partial charge in [-0.05, 0) is 18.9 Å². The van der Waals surface area contributed by atoms with Gasteiger partial charge in [0.15, 0.2) is 5.79 Å². The van der Waals surface area contributed by atoms with E-state index in [1.165, 1.54) is 5.57 Å². The van der Waals surface area contributed by atoms with Crippen LogP contribution in [-0.2, 0) is 18.9 Å². The first kappa shape index (κ1) is 13.0. The average molecular weight is 242 g/mol. The molecule has 2 atom stereocenters. The van der Waals surface area contributed by atoms with Crippen LogP contribution in [0.3, 0.4) is 0 Å². The second-order valence-electron chi connectivity index (χ2n) is 4.76. The summed E-state index contributed by atoms with van der Waals surface area (Å²) in [6.07, 6.45) is 4.35. The van der Waals surface area contributed by atoms with Crippen LogP contribution >= 0.6 is 0 Å². The molecule has 1 aliphatic carbocycles. The van der Waals surface area contributed by atoms with Gasteiger partial charge < -0.3 is 18.9 Å². The maximum atomic E-state index is 5.69. The molecular weight excluding hydrogens is 220 g/mol. The third-order valence-electron chi connectivity index (χ3n) is 3.69. The molecule has 2 rings (SSSR count). The number of hydrogen-bond donors (Lipinski definition) is 0. The predicted molar refractivity (Wildman–Crippen MR) is 63.8 cm³/mol. The summed E-state index contributed by atoms with van der Waals surface area (Å²) in [5, 5.41) is 0. The lowest BCUT2D eigenvalue weighted by atomic mass is 10.0. The smallest absolute Gasteiger partial charge is 0.188 e. The van der Waals surface area contributed by atoms with Crippen LogP contribution < -0.4 is 0 Å². The molecular formula is C13H22O4. The van der Waals surface area contributed by atoms with Crippen molar-refractivity contribution in [2.75, 3.05) is 34.0 Å². The fourth-order valence-corrected chi connectivity index (χ4v) is 2.62. The van der Waals surface area contributed by atoms with Crippen molar-refractivity contribution >= 4 is 0 Å². The molecule has 0 saturated carbocycles. The second-order valence-corrected chi connectivity index (χ2v) is 4.76. The molecule has 0 bridgehead atoms. The molecule has 0 aromatic rings. The first-order valence-corrected chi connectivity index (χ1v) is 6.20. The number of rotatable bonds is 5. The van der Waals surface area contributed by atoms with Crippen molar-refractivity contribution in [2.24, 2.45) is 5.92 Å². The highest BCUT2D eigenvalue weighted by atomic mass is 16.7. The van der Waals surface area contributed by atoms with Crippen molar-refractivity contribution < 1.29 is 18.9 Å². The summed E-state index contributed by atoms with van der Waals surface area (Å²) in [4.78, 5) is 0. The summed E-state index contributed by atoms with van der Waals surface area (Å²) >= 11 is 0. The lowest BCUT2D eigenvalue weighted by molar-refractivity contribution is -0.113. The van der Waals surface area contributed by atoms with Gasteiger partial charge in [0.2, 0.25) is 0 Å². The molecule has 17 heavy (non-hydrogen) atoms. The van der Waals surface area contributed by atoms with Crippen LogP contribution in [0, 0.1) is 5.92 Å². The first-order valence-electron chi connectivity index (χ1n) is 6.20. The van der Waals surface area contributed by atoms with Crippen LogP contribution in [0.2, 0.25) is 0 Å². The zero-order chi connectivity index (χ0) is 12.3. The van der Waals surface area contributed by atoms with Gasteiger partial charge in [-0.25, -0.2) is 0 Å². The molecule has 1 aliphatic heterocycles. The minimum absolute atomic E-state index is 0.227. The lowest BCUT2D eigenvalue weighted by Crippen LogP contribution is -2.28. The molecule has 0 spiro atoms. The van der Waals surface area contributed by atoms with Crippen molar-refractivity contribution in [2.45, 2.75) is 31.7 Å². The molecule has 1 fully saturated rings. The Kier molecular flexibility index (Phi) is 4.20. The number of methoxy groups -OCH3 is 2. The van der Waals surface area contributed by atoms with E-state index in [1.807, 2.05) is 6.92 Å². The van der Waals surface area contributed by atoms with Crippen molar-refractivity contribution in [3.8, 4) is 0 Å². The van der Waals surface area contributed by atoms with E-state index < -0.39 is 5.79 Å². The van der Waals surface area contributed by atoms with E-state index in [1.54, 1.807) is 14.2 Å². The molecule has 1 heterocycles. The highest BCUT2D eigenvalue weighted by Crippen LogP contribution is 2.39. The third-order valence-corrected chi connectivity index (χ3v) is 3.69. The van der Waals surface area contributed by atoms with E-state index in [2.05, 4.69) is 6.08 Å². The van der Waals surface area contributed by atoms with Crippen molar-refractivity contribution in [3.05, 3.63) is 11.6 Å². The summed E-state index contributed by atoms with van der Waals surface area (Å²) in [6, 6.07) is 0. The van der Waals surface area contributed by atoms with E-state index >= 15 is 0 Å². The Morgan fingerprint density at radius 3 is 2.65 bits per heavy atom. The van der Waals surface area contributed by atoms with Gasteiger partial charge in [0, 0.05) is 33.2 Å². The van der Waals surface area contributed by atoms with Gasteiger partial charge in [-0.3, -0.25) is 0 Å². The summed E-state index contributed by atoms with van der Waals surface area (Å²) < 4.78 is 22.1. The second kappa shape index (κ2) is 5.48. The normalized spacial score (nSPS) is 31.8. The van der Waals surface area contributed by atoms with Crippen molar-refractivity contribution in [1.29, 1.82) is 0 Å². The minimum Gasteiger partial charge on any atom is -0.385 e. The molecule has 98 valence electrons. The van der Waals surface area contributed by atoms with Crippen LogP contribution in [-0.4, -0.2) is 45.9 Å². The van der Waals surface area contributed by atoms with Crippen LogP contribution in [0.4, 0.5) is 0 Å². The van der Waals surface area contributed by atoms with Crippen LogP contribution in [0.15, 0.2) is 11.6 Å². The molecule has 4 nitrogen and oxygen atoms in total. The van der Waals surface area contributed by atoms with Gasteiger partial charge >= 0.3 is 0 Å². The zero-order valence-corrected chi connectivity index (χ0v) is 10.9. The zero-order valence-electron chi connectivity index (χ0n) is 10.9. The standard InChI is InChI=1S/C13H22O4/c1-13(16-6-7-17-13)11-8-10(4-5-14-2)12(9-11)15-3/h8,10,12H,4-7,9H2,1-3H3/t10-,12+/m1/s1. The maximum Gasteiger partial charge on any atom is 0.188 e. The number of hydrogen-bond acceptors (Lipinski definition) is 4. The fraction of sp³-hybridized carbons (Fsp3) is 0.846.